The van der Waals surface area contributed by atoms with E-state index in [0.29, 0.717) is 11.3 Å². The molecule has 0 aliphatic carbocycles. The summed E-state index contributed by atoms with van der Waals surface area (Å²) in [5.74, 6) is 0.611. The van der Waals surface area contributed by atoms with Crippen molar-refractivity contribution < 1.29 is 4.74 Å². The largest absolute Gasteiger partial charge is 0.440 e. The van der Waals surface area contributed by atoms with E-state index < -0.39 is 0 Å². The average molecular weight is 380 g/mol. The number of hydrogen-bond acceptors (Lipinski definition) is 3. The molecule has 0 saturated carbocycles. The first-order chi connectivity index (χ1) is 11.6. The number of nitrogens with two attached hydrogens (primary N) is 1. The van der Waals surface area contributed by atoms with Crippen molar-refractivity contribution in [1.29, 1.82) is 5.26 Å². The third kappa shape index (κ3) is 2.11. The molecule has 1 aliphatic rings. The van der Waals surface area contributed by atoms with Crippen LogP contribution in [0, 0.1) is 11.3 Å². The van der Waals surface area contributed by atoms with E-state index >= 15 is 0 Å². The number of rotatable bonds is 1. The van der Waals surface area contributed by atoms with Gasteiger partial charge in [-0.15, -0.1) is 0 Å². The van der Waals surface area contributed by atoms with Gasteiger partial charge in [-0.2, -0.15) is 5.26 Å². The molecule has 0 bridgehead atoms. The van der Waals surface area contributed by atoms with Crippen molar-refractivity contribution in [3.8, 4) is 11.8 Å². The lowest BCUT2D eigenvalue weighted by Crippen LogP contribution is -2.20. The maximum Gasteiger partial charge on any atom is 0.205 e. The molecule has 5 heteroatoms. The van der Waals surface area contributed by atoms with Gasteiger partial charge in [-0.25, -0.2) is 0 Å². The fourth-order valence-electron chi connectivity index (χ4n) is 3.35. The molecule has 1 atom stereocenters. The normalized spacial score (nSPS) is 16.6. The standard InChI is InChI=1S/C19H14BrN3O/c1-23-10-15(12-4-2-3-5-16(12)23)18-13-8-11(20)6-7-17(13)24-19(22)14(18)9-21/h2-8,10,18H,22H2,1H3. The van der Waals surface area contributed by atoms with E-state index in [1.54, 1.807) is 0 Å². The van der Waals surface area contributed by atoms with Crippen molar-refractivity contribution in [3.05, 3.63) is 75.7 Å². The van der Waals surface area contributed by atoms with Gasteiger partial charge in [-0.05, 0) is 29.8 Å². The molecular weight excluding hydrogens is 366 g/mol. The number of para-hydroxylation sites is 1. The van der Waals surface area contributed by atoms with Gasteiger partial charge in [0.25, 0.3) is 0 Å². The summed E-state index contributed by atoms with van der Waals surface area (Å²) in [5.41, 5.74) is 9.58. The molecule has 1 unspecified atom stereocenters. The maximum absolute atomic E-state index is 9.68. The number of nitrogens with zero attached hydrogens (tertiary/aromatic N) is 2. The maximum atomic E-state index is 9.68. The Labute approximate surface area is 147 Å². The van der Waals surface area contributed by atoms with E-state index in [9.17, 15) is 5.26 Å². The van der Waals surface area contributed by atoms with Crippen LogP contribution in [-0.2, 0) is 7.05 Å². The van der Waals surface area contributed by atoms with Crippen LogP contribution >= 0.6 is 15.9 Å². The van der Waals surface area contributed by atoms with E-state index in [4.69, 9.17) is 10.5 Å². The Bertz CT molecular complexity index is 1040. The van der Waals surface area contributed by atoms with Crippen LogP contribution in [-0.4, -0.2) is 4.57 Å². The number of aryl methyl sites for hydroxylation is 1. The van der Waals surface area contributed by atoms with Gasteiger partial charge in [0.1, 0.15) is 17.4 Å². The minimum absolute atomic E-state index is 0.172. The molecule has 0 spiro atoms. The van der Waals surface area contributed by atoms with Crippen LogP contribution < -0.4 is 10.5 Å². The average Bonchev–Trinajstić information content (AvgIpc) is 2.91. The summed E-state index contributed by atoms with van der Waals surface area (Å²) in [6.45, 7) is 0. The van der Waals surface area contributed by atoms with Crippen LogP contribution in [0.15, 0.2) is 64.6 Å². The van der Waals surface area contributed by atoms with Crippen LogP contribution in [0.5, 0.6) is 5.75 Å². The van der Waals surface area contributed by atoms with Gasteiger partial charge in [0, 0.05) is 34.2 Å². The van der Waals surface area contributed by atoms with E-state index in [1.165, 1.54) is 0 Å². The molecule has 4 nitrogen and oxygen atoms in total. The van der Waals surface area contributed by atoms with Crippen molar-refractivity contribution >= 4 is 26.8 Å². The van der Waals surface area contributed by atoms with E-state index in [1.807, 2.05) is 37.4 Å². The molecule has 0 fully saturated rings. The zero-order chi connectivity index (χ0) is 16.8. The smallest absolute Gasteiger partial charge is 0.205 e. The summed E-state index contributed by atoms with van der Waals surface area (Å²) in [4.78, 5) is 0. The highest BCUT2D eigenvalue weighted by Gasteiger charge is 2.32. The monoisotopic (exact) mass is 379 g/mol. The lowest BCUT2D eigenvalue weighted by molar-refractivity contribution is 0.393. The third-order valence-electron chi connectivity index (χ3n) is 4.42. The van der Waals surface area contributed by atoms with E-state index in [0.717, 1.165) is 26.5 Å². The van der Waals surface area contributed by atoms with Crippen LogP contribution in [0.25, 0.3) is 10.9 Å². The molecule has 1 aliphatic heterocycles. The van der Waals surface area contributed by atoms with Crippen molar-refractivity contribution in [2.24, 2.45) is 12.8 Å². The zero-order valence-electron chi connectivity index (χ0n) is 13.0. The Morgan fingerprint density at radius 2 is 2.00 bits per heavy atom. The molecule has 0 radical (unpaired) electrons. The van der Waals surface area contributed by atoms with Crippen molar-refractivity contribution in [2.75, 3.05) is 0 Å². The van der Waals surface area contributed by atoms with Gasteiger partial charge in [0.05, 0.1) is 5.92 Å². The van der Waals surface area contributed by atoms with Crippen LogP contribution in [0.4, 0.5) is 0 Å². The molecule has 24 heavy (non-hydrogen) atoms. The Morgan fingerprint density at radius 1 is 1.21 bits per heavy atom. The molecule has 0 saturated heterocycles. The number of nitriles is 1. The highest BCUT2D eigenvalue weighted by molar-refractivity contribution is 9.10. The Hall–Kier alpha value is -2.71. The second-order valence-corrected chi connectivity index (χ2v) is 6.74. The number of aromatic nitrogens is 1. The predicted molar refractivity (Wildman–Crippen MR) is 96.4 cm³/mol. The molecule has 1 aromatic heterocycles. The number of allylic oxidation sites excluding steroid dienone is 1. The number of ether oxygens (including phenoxy) is 1. The molecule has 2 aromatic carbocycles. The van der Waals surface area contributed by atoms with Gasteiger partial charge >= 0.3 is 0 Å². The highest BCUT2D eigenvalue weighted by Crippen LogP contribution is 2.45. The van der Waals surface area contributed by atoms with Crippen molar-refractivity contribution in [1.82, 2.24) is 4.57 Å². The van der Waals surface area contributed by atoms with Crippen LogP contribution in [0.1, 0.15) is 17.0 Å². The Morgan fingerprint density at radius 3 is 2.79 bits per heavy atom. The van der Waals surface area contributed by atoms with Crippen LogP contribution in [0.2, 0.25) is 0 Å². The van der Waals surface area contributed by atoms with Gasteiger partial charge in [0.2, 0.25) is 5.88 Å². The number of hydrogen-bond donors (Lipinski definition) is 1. The zero-order valence-corrected chi connectivity index (χ0v) is 14.5. The first-order valence-electron chi connectivity index (χ1n) is 7.51. The Kier molecular flexibility index (Phi) is 3.36. The number of fused-ring (bicyclic) bond motifs is 2. The van der Waals surface area contributed by atoms with Gasteiger partial charge < -0.3 is 15.0 Å². The quantitative estimate of drug-likeness (QED) is 0.690. The molecular formula is C19H14BrN3O. The Balaban J connectivity index is 2.05. The molecule has 2 N–H and O–H groups in total. The third-order valence-corrected chi connectivity index (χ3v) is 4.91. The topological polar surface area (TPSA) is 64.0 Å². The summed E-state index contributed by atoms with van der Waals surface area (Å²) in [6.07, 6.45) is 2.07. The minimum Gasteiger partial charge on any atom is -0.440 e. The summed E-state index contributed by atoms with van der Waals surface area (Å²) in [7, 11) is 2.01. The summed E-state index contributed by atoms with van der Waals surface area (Å²) >= 11 is 3.51. The molecule has 3 aromatic rings. The van der Waals surface area contributed by atoms with E-state index in [2.05, 4.69) is 44.9 Å². The highest BCUT2D eigenvalue weighted by atomic mass is 79.9. The number of benzene rings is 2. The summed E-state index contributed by atoms with van der Waals surface area (Å²) in [5, 5.41) is 10.8. The lowest BCUT2D eigenvalue weighted by Gasteiger charge is -2.26. The van der Waals surface area contributed by atoms with Gasteiger partial charge in [-0.1, -0.05) is 34.1 Å². The first kappa shape index (κ1) is 14.9. The fraction of sp³-hybridized carbons (Fsp3) is 0.105. The van der Waals surface area contributed by atoms with Crippen molar-refractivity contribution in [3.63, 3.8) is 0 Å². The minimum atomic E-state index is -0.248. The van der Waals surface area contributed by atoms with Crippen LogP contribution in [0.3, 0.4) is 0 Å². The second kappa shape index (κ2) is 5.43. The second-order valence-electron chi connectivity index (χ2n) is 5.82. The molecule has 118 valence electrons. The van der Waals surface area contributed by atoms with Gasteiger partial charge in [-0.3, -0.25) is 0 Å². The molecule has 4 rings (SSSR count). The van der Waals surface area contributed by atoms with Gasteiger partial charge in [0.15, 0.2) is 0 Å². The molecule has 2 heterocycles. The summed E-state index contributed by atoms with van der Waals surface area (Å²) in [6, 6.07) is 16.2. The van der Waals surface area contributed by atoms with E-state index in [-0.39, 0.29) is 11.8 Å². The first-order valence-corrected chi connectivity index (χ1v) is 8.30. The fourth-order valence-corrected chi connectivity index (χ4v) is 3.73. The van der Waals surface area contributed by atoms with Crippen molar-refractivity contribution in [2.45, 2.75) is 5.92 Å². The predicted octanol–water partition coefficient (Wildman–Crippen LogP) is 4.16. The number of halogens is 1. The molecule has 0 amide bonds. The summed E-state index contributed by atoms with van der Waals surface area (Å²) < 4.78 is 8.68. The lowest BCUT2D eigenvalue weighted by atomic mass is 9.83. The SMILES string of the molecule is Cn1cc(C2C(C#N)=C(N)Oc3ccc(Br)cc32)c2ccccc21.